The number of esters is 2. The summed E-state index contributed by atoms with van der Waals surface area (Å²) in [6.45, 7) is 35.1. The molecule has 0 saturated heterocycles. The molecule has 4 heterocycles. The van der Waals surface area contributed by atoms with Crippen molar-refractivity contribution in [2.75, 3.05) is 0 Å². The number of phenols is 2. The van der Waals surface area contributed by atoms with Gasteiger partial charge in [-0.1, -0.05) is 159 Å². The van der Waals surface area contributed by atoms with Gasteiger partial charge in [0.1, 0.15) is 112 Å². The maximum absolute atomic E-state index is 12.0. The van der Waals surface area contributed by atoms with Gasteiger partial charge in [-0.15, -0.1) is 11.6 Å². The molecule has 37 heteroatoms. The number of para-hydroxylation sites is 4. The number of benzene rings is 9. The summed E-state index contributed by atoms with van der Waals surface area (Å²) >= 11 is 5.87. The molecule has 0 aliphatic carbocycles. The number of alkyl halides is 4. The second-order valence-corrected chi connectivity index (χ2v) is 34.8. The van der Waals surface area contributed by atoms with Gasteiger partial charge in [0, 0.05) is 0 Å². The number of carboxylic acid groups (broad SMARTS) is 1. The fourth-order valence-corrected chi connectivity index (χ4v) is 12.3. The van der Waals surface area contributed by atoms with E-state index < -0.39 is 46.9 Å². The molecule has 0 fully saturated rings. The number of aromatic hydroxyl groups is 2. The molecule has 13 aromatic rings. The molecule has 0 atom stereocenters. The van der Waals surface area contributed by atoms with Crippen LogP contribution in [-0.4, -0.2) is 120 Å². The van der Waals surface area contributed by atoms with Crippen LogP contribution in [-0.2, 0) is 92.7 Å². The molecular formula is C108H120ClF3K2N12O19. The molecule has 0 aliphatic heterocycles. The molecule has 756 valence electrons. The van der Waals surface area contributed by atoms with Gasteiger partial charge in [-0.2, -0.15) is 54.6 Å². The minimum absolute atomic E-state index is 0. The minimum atomic E-state index is -5.08. The van der Waals surface area contributed by atoms with Crippen LogP contribution in [0.4, 0.5) is 22.8 Å². The van der Waals surface area contributed by atoms with Crippen LogP contribution >= 0.6 is 11.6 Å². The van der Waals surface area contributed by atoms with Crippen LogP contribution in [0.1, 0.15) is 194 Å². The Morgan fingerprint density at radius 3 is 0.855 bits per heavy atom. The standard InChI is InChI=1S/C24H25N3O3.C20H19N3O.C19H17N3O.C12H10ClN3.C12H16O3.C10H18O5.C7H8O.C2HF3O2.CH2O3.CH4.2K.H/c1-17-21(15-25)22(27(26-17)19-8-6-5-7-9-19)16-29-20-12-10-18(11-13-20)14-23(28)30-24(2,3)4;1-3-16-9-11-18(12-10-16)24-14-20-19(13-21)15(2)22-23(20)17-7-5-4-6-8-17;1-14-8-10-17(11-9-14)23-13-19-18(12-20)15(2)21-22(19)16-6-4-3-5-7-16;1-9-11(8-14)12(7-13)16(15-9)10-5-3-2-4-6-10;1-12(2,3)15-11(14)8-9-4-6-10(13)7-5-9;1-9(2,3)14-7(11)13-8(12)15-10(4,5)6;1-6-2-4-7(8)5-3-6;3-2(4,5)1(6)7;2-1-4-3;;;;/h5-13H,14,16H2,1-4H3;4-12H,3,14H2,1-2H3;3-11H,13H2,1-2H3;2-6H,7H2,1H3;4-7,13H,8H2,1-3H3;1-6H3;2-5,8H,1H3;(H,6,7);1,3H;1H4;;;/q;;;;;;;;;;2*+1;-1/p-1. The van der Waals surface area contributed by atoms with E-state index in [0.717, 1.165) is 68.9 Å². The van der Waals surface area contributed by atoms with Crippen LogP contribution < -0.4 is 122 Å². The Bertz CT molecular complexity index is 6340. The van der Waals surface area contributed by atoms with Crippen molar-refractivity contribution in [2.24, 2.45) is 0 Å². The van der Waals surface area contributed by atoms with Gasteiger partial charge in [0.15, 0.2) is 0 Å². The summed E-state index contributed by atoms with van der Waals surface area (Å²) in [5.41, 5.74) is 14.6. The van der Waals surface area contributed by atoms with Crippen molar-refractivity contribution in [1.29, 1.82) is 21.0 Å². The fraction of sp³-hybridized carbons (Fsp3) is 0.296. The van der Waals surface area contributed by atoms with Gasteiger partial charge in [0.05, 0.1) is 92.6 Å². The number of nitrogens with zero attached hydrogens (tertiary/aromatic N) is 12. The first-order chi connectivity index (χ1) is 67.0. The average molecular weight is 2060 g/mol. The Kier molecular flexibility index (Phi) is 55.6. The number of carboxylic acids is 1. The SMILES string of the molecule is C.CC(C)(C)OC(=O)Cc1ccc(O)cc1.CC(C)(C)OC(=O)OC(=O)OC(C)(C)C.CCc1ccc(OCc2c(C#N)c(C)nn2-c2ccccc2)cc1.Cc1ccc(O)cc1.Cc1ccc(OCc2c(C#N)c(C)nn2-c2ccccc2)cc1.Cc1nn(-c2ccccc2)c(CCl)c1C#N.Cc1nn(-c2ccccc2)c(COc2ccc(CC(=O)OC(C)(C)C)cc2)c1C#N.O=C(O)C(F)(F)F.O=CO[O-].[H-].[K+].[K+]. The number of ether oxygens (including phenoxy) is 8. The van der Waals surface area contributed by atoms with E-state index in [1.165, 1.54) is 16.7 Å². The molecule has 31 nitrogen and oxygen atoms in total. The van der Waals surface area contributed by atoms with Crippen LogP contribution in [0.2, 0.25) is 0 Å². The predicted octanol–water partition coefficient (Wildman–Crippen LogP) is 16.1. The van der Waals surface area contributed by atoms with E-state index >= 15 is 0 Å². The summed E-state index contributed by atoms with van der Waals surface area (Å²) in [6.07, 6.45) is -5.76. The predicted molar refractivity (Wildman–Crippen MR) is 530 cm³/mol. The second kappa shape index (κ2) is 63.1. The van der Waals surface area contributed by atoms with Gasteiger partial charge in [0.25, 0.3) is 6.47 Å². The third-order valence-corrected chi connectivity index (χ3v) is 18.6. The summed E-state index contributed by atoms with van der Waals surface area (Å²) < 4.78 is 80.8. The quantitative estimate of drug-likeness (QED) is 0.00932. The Balaban J connectivity index is 0.000000852. The zero-order chi connectivity index (χ0) is 106. The molecule has 0 radical (unpaired) electrons. The Labute approximate surface area is 935 Å². The maximum Gasteiger partial charge on any atom is 1.00 e. The van der Waals surface area contributed by atoms with Crippen molar-refractivity contribution in [2.45, 2.75) is 213 Å². The molecule has 13 rings (SSSR count). The van der Waals surface area contributed by atoms with Crippen LogP contribution in [0, 0.1) is 86.9 Å². The topological polar surface area (TPSA) is 436 Å². The van der Waals surface area contributed by atoms with Crippen molar-refractivity contribution in [3.8, 4) is 75.8 Å². The molecule has 3 N–H and O–H groups in total. The summed E-state index contributed by atoms with van der Waals surface area (Å²) in [6, 6.07) is 84.5. The fourth-order valence-electron chi connectivity index (χ4n) is 12.0. The first-order valence-electron chi connectivity index (χ1n) is 43.9. The van der Waals surface area contributed by atoms with E-state index in [1.54, 1.807) is 96.7 Å². The zero-order valence-electron chi connectivity index (χ0n) is 85.4. The molecule has 0 bridgehead atoms. The Morgan fingerprint density at radius 1 is 0.400 bits per heavy atom. The third-order valence-electron chi connectivity index (χ3n) is 18.3. The van der Waals surface area contributed by atoms with Gasteiger partial charge >= 0.3 is 139 Å². The first-order valence-corrected chi connectivity index (χ1v) is 44.5. The van der Waals surface area contributed by atoms with E-state index in [0.29, 0.717) is 75.4 Å². The van der Waals surface area contributed by atoms with Crippen LogP contribution in [0.25, 0.3) is 22.7 Å². The number of rotatable bonds is 20. The average Bonchev–Trinajstić information content (AvgIpc) is 1.68. The monoisotopic (exact) mass is 2060 g/mol. The molecule has 4 aromatic heterocycles. The number of aromatic nitrogens is 8. The van der Waals surface area contributed by atoms with Crippen molar-refractivity contribution < 1.29 is 209 Å². The van der Waals surface area contributed by atoms with Crippen LogP contribution in [0.15, 0.2) is 243 Å². The Morgan fingerprint density at radius 2 is 0.628 bits per heavy atom. The number of aryl methyl sites for hydroxylation is 7. The van der Waals surface area contributed by atoms with Crippen molar-refractivity contribution in [3.63, 3.8) is 0 Å². The number of hydrogen-bond acceptors (Lipinski definition) is 26. The normalized spacial score (nSPS) is 10.3. The third kappa shape index (κ3) is 47.0. The summed E-state index contributed by atoms with van der Waals surface area (Å²) in [5, 5.41) is 88.7. The largest absolute Gasteiger partial charge is 1.00 e. The van der Waals surface area contributed by atoms with E-state index in [1.807, 2.05) is 277 Å². The number of carbonyl (C=O) groups excluding carboxylic acids is 5. The molecule has 0 saturated carbocycles. The number of halogens is 4. The zero-order valence-corrected chi connectivity index (χ0v) is 91.4. The van der Waals surface area contributed by atoms with Gasteiger partial charge in [-0.3, -0.25) is 14.4 Å². The van der Waals surface area contributed by atoms with E-state index in [9.17, 15) is 48.1 Å². The number of phenolic OH excluding ortho intramolecular Hbond substituents is 2. The molecule has 0 aliphatic rings. The van der Waals surface area contributed by atoms with Crippen LogP contribution in [0.5, 0.6) is 28.7 Å². The summed E-state index contributed by atoms with van der Waals surface area (Å²) in [7, 11) is 0. The number of aliphatic carboxylic acids is 1. The molecular weight excluding hydrogens is 1940 g/mol. The minimum Gasteiger partial charge on any atom is -1.00 e. The first kappa shape index (κ1) is 128. The molecule has 0 spiro atoms. The van der Waals surface area contributed by atoms with Crippen molar-refractivity contribution in [1.82, 2.24) is 39.1 Å². The number of carbonyl (C=O) groups is 6. The van der Waals surface area contributed by atoms with Gasteiger partial charge < -0.3 is 64.8 Å². The summed E-state index contributed by atoms with van der Waals surface area (Å²) in [4.78, 5) is 65.6. The molecule has 9 aromatic carbocycles. The summed E-state index contributed by atoms with van der Waals surface area (Å²) in [5.74, 6) is -0.271. The molecule has 0 unspecified atom stereocenters. The smallest absolute Gasteiger partial charge is 1.00 e. The number of nitriles is 4. The maximum atomic E-state index is 12.0. The van der Waals surface area contributed by atoms with E-state index in [-0.39, 0.29) is 161 Å². The Hall–Kier alpha value is -13.3. The molecule has 145 heavy (non-hydrogen) atoms. The van der Waals surface area contributed by atoms with Crippen molar-refractivity contribution in [3.05, 3.63) is 338 Å². The molecule has 0 amide bonds. The van der Waals surface area contributed by atoms with Gasteiger partial charge in [-0.05, 0) is 257 Å². The van der Waals surface area contributed by atoms with E-state index in [2.05, 4.69) is 73.4 Å². The van der Waals surface area contributed by atoms with Crippen molar-refractivity contribution >= 4 is 48.3 Å². The van der Waals surface area contributed by atoms with Crippen LogP contribution in [0.3, 0.4) is 0 Å². The van der Waals surface area contributed by atoms with Gasteiger partial charge in [0.2, 0.25) is 0 Å². The number of hydrogen-bond donors (Lipinski definition) is 3. The second-order valence-electron chi connectivity index (χ2n) is 34.6. The van der Waals surface area contributed by atoms with E-state index in [4.69, 9.17) is 80.2 Å². The van der Waals surface area contributed by atoms with Gasteiger partial charge in [-0.25, -0.2) is 33.1 Å².